The second kappa shape index (κ2) is 5.18. The van der Waals surface area contributed by atoms with Crippen LogP contribution in [0.1, 0.15) is 16.8 Å². The summed E-state index contributed by atoms with van der Waals surface area (Å²) in [6.07, 6.45) is 0. The van der Waals surface area contributed by atoms with Crippen LogP contribution in [0.2, 0.25) is 0 Å². The molecule has 0 bridgehead atoms. The summed E-state index contributed by atoms with van der Waals surface area (Å²) in [4.78, 5) is 4.17. The van der Waals surface area contributed by atoms with E-state index in [-0.39, 0.29) is 5.82 Å². The first-order valence-electron chi connectivity index (χ1n) is 5.08. The normalized spacial score (nSPS) is 10.6. The Kier molecular flexibility index (Phi) is 3.64. The highest BCUT2D eigenvalue weighted by atomic mass is 32.1. The number of aryl methyl sites for hydroxylation is 1. The number of aromatic nitrogens is 1. The lowest BCUT2D eigenvalue weighted by molar-refractivity contribution is 0.618. The van der Waals surface area contributed by atoms with E-state index in [0.29, 0.717) is 6.54 Å². The zero-order valence-corrected chi connectivity index (χ0v) is 9.85. The molecule has 16 heavy (non-hydrogen) atoms. The Hall–Kier alpha value is -1.26. The minimum absolute atomic E-state index is 0.184. The van der Waals surface area contributed by atoms with E-state index < -0.39 is 0 Å². The Balaban J connectivity index is 1.92. The molecule has 1 heterocycles. The molecule has 0 aliphatic rings. The number of rotatable bonds is 4. The van der Waals surface area contributed by atoms with E-state index in [1.165, 1.54) is 6.07 Å². The summed E-state index contributed by atoms with van der Waals surface area (Å²) in [5.41, 5.74) is 4.94. The summed E-state index contributed by atoms with van der Waals surface area (Å²) in [6, 6.07) is 4.86. The number of hydrogen-bond acceptors (Lipinski definition) is 3. The number of hydrogen-bond donors (Lipinski definition) is 1. The highest BCUT2D eigenvalue weighted by Gasteiger charge is 2.00. The van der Waals surface area contributed by atoms with E-state index in [1.807, 2.05) is 17.8 Å². The first-order chi connectivity index (χ1) is 7.75. The molecule has 0 fully saturated rings. The highest BCUT2D eigenvalue weighted by molar-refractivity contribution is 7.07. The second-order valence-electron chi connectivity index (χ2n) is 3.65. The van der Waals surface area contributed by atoms with E-state index in [0.717, 1.165) is 23.4 Å². The zero-order valence-electron chi connectivity index (χ0n) is 9.03. The summed E-state index contributed by atoms with van der Waals surface area (Å²) in [5, 5.41) is 5.26. The van der Waals surface area contributed by atoms with Crippen molar-refractivity contribution in [3.8, 4) is 0 Å². The van der Waals surface area contributed by atoms with Crippen molar-refractivity contribution in [3.05, 3.63) is 51.7 Å². The molecule has 0 atom stereocenters. The Bertz CT molecular complexity index is 454. The van der Waals surface area contributed by atoms with Gasteiger partial charge in [-0.15, -0.1) is 11.3 Å². The molecule has 0 unspecified atom stereocenters. The van der Waals surface area contributed by atoms with Crippen LogP contribution in [-0.4, -0.2) is 4.98 Å². The van der Waals surface area contributed by atoms with Crippen LogP contribution in [0.25, 0.3) is 0 Å². The van der Waals surface area contributed by atoms with Gasteiger partial charge < -0.3 is 5.32 Å². The van der Waals surface area contributed by atoms with E-state index in [4.69, 9.17) is 0 Å². The van der Waals surface area contributed by atoms with Gasteiger partial charge in [-0.2, -0.15) is 0 Å². The molecule has 0 saturated carbocycles. The van der Waals surface area contributed by atoms with Crippen molar-refractivity contribution in [2.24, 2.45) is 0 Å². The fourth-order valence-electron chi connectivity index (χ4n) is 1.48. The van der Waals surface area contributed by atoms with Crippen molar-refractivity contribution in [3.63, 3.8) is 0 Å². The molecule has 0 aliphatic heterocycles. The molecule has 0 spiro atoms. The smallest absolute Gasteiger partial charge is 0.123 e. The van der Waals surface area contributed by atoms with Gasteiger partial charge in [0.1, 0.15) is 5.82 Å². The lowest BCUT2D eigenvalue weighted by Crippen LogP contribution is -2.13. The second-order valence-corrected chi connectivity index (χ2v) is 4.37. The molecule has 1 aromatic heterocycles. The molecule has 2 rings (SSSR count). The standard InChI is InChI=1S/C12H13FN2S/c1-9-2-3-11(13)4-10(9)5-14-6-12-7-16-8-15-12/h2-4,7-8,14H,5-6H2,1H3. The highest BCUT2D eigenvalue weighted by Crippen LogP contribution is 2.10. The van der Waals surface area contributed by atoms with Crippen molar-refractivity contribution in [1.82, 2.24) is 10.3 Å². The van der Waals surface area contributed by atoms with Crippen LogP contribution < -0.4 is 5.32 Å². The monoisotopic (exact) mass is 236 g/mol. The van der Waals surface area contributed by atoms with Crippen LogP contribution in [0.4, 0.5) is 4.39 Å². The van der Waals surface area contributed by atoms with Crippen LogP contribution in [0, 0.1) is 12.7 Å². The van der Waals surface area contributed by atoms with Gasteiger partial charge in [0.25, 0.3) is 0 Å². The third-order valence-corrected chi connectivity index (χ3v) is 3.05. The van der Waals surface area contributed by atoms with Gasteiger partial charge in [0.15, 0.2) is 0 Å². The largest absolute Gasteiger partial charge is 0.307 e. The van der Waals surface area contributed by atoms with Crippen LogP contribution in [-0.2, 0) is 13.1 Å². The Morgan fingerprint density at radius 2 is 2.25 bits per heavy atom. The molecule has 1 aromatic carbocycles. The minimum atomic E-state index is -0.184. The van der Waals surface area contributed by atoms with Crippen LogP contribution in [0.5, 0.6) is 0 Å². The lowest BCUT2D eigenvalue weighted by atomic mass is 10.1. The fraction of sp³-hybridized carbons (Fsp3) is 0.250. The molecule has 0 saturated heterocycles. The molecule has 0 aliphatic carbocycles. The van der Waals surface area contributed by atoms with Crippen LogP contribution >= 0.6 is 11.3 Å². The fourth-order valence-corrected chi connectivity index (χ4v) is 2.04. The summed E-state index contributed by atoms with van der Waals surface area (Å²) >= 11 is 1.58. The maximum Gasteiger partial charge on any atom is 0.123 e. The molecule has 1 N–H and O–H groups in total. The molecule has 0 amide bonds. The zero-order chi connectivity index (χ0) is 11.4. The van der Waals surface area contributed by atoms with Crippen molar-refractivity contribution in [2.75, 3.05) is 0 Å². The maximum absolute atomic E-state index is 13.0. The van der Waals surface area contributed by atoms with E-state index in [1.54, 1.807) is 23.5 Å². The quantitative estimate of drug-likeness (QED) is 0.883. The Morgan fingerprint density at radius 1 is 1.38 bits per heavy atom. The summed E-state index contributed by atoms with van der Waals surface area (Å²) in [7, 11) is 0. The van der Waals surface area contributed by atoms with Crippen LogP contribution in [0.3, 0.4) is 0 Å². The molecule has 84 valence electrons. The maximum atomic E-state index is 13.0. The van der Waals surface area contributed by atoms with Gasteiger partial charge >= 0.3 is 0 Å². The summed E-state index contributed by atoms with van der Waals surface area (Å²) in [6.45, 7) is 3.37. The average Bonchev–Trinajstić information content (AvgIpc) is 2.76. The first-order valence-corrected chi connectivity index (χ1v) is 6.03. The number of nitrogens with zero attached hydrogens (tertiary/aromatic N) is 1. The van der Waals surface area contributed by atoms with Gasteiger partial charge in [0.05, 0.1) is 11.2 Å². The third-order valence-electron chi connectivity index (χ3n) is 2.42. The van der Waals surface area contributed by atoms with Gasteiger partial charge in [0.2, 0.25) is 0 Å². The van der Waals surface area contributed by atoms with E-state index in [2.05, 4.69) is 10.3 Å². The molecular weight excluding hydrogens is 223 g/mol. The number of thiazole rings is 1. The summed E-state index contributed by atoms with van der Waals surface area (Å²) in [5.74, 6) is -0.184. The van der Waals surface area contributed by atoms with E-state index in [9.17, 15) is 4.39 Å². The molecule has 4 heteroatoms. The van der Waals surface area contributed by atoms with Gasteiger partial charge in [-0.25, -0.2) is 9.37 Å². The van der Waals surface area contributed by atoms with Gasteiger partial charge in [-0.1, -0.05) is 6.07 Å². The van der Waals surface area contributed by atoms with Gasteiger partial charge in [-0.05, 0) is 30.2 Å². The predicted molar refractivity (Wildman–Crippen MR) is 63.8 cm³/mol. The number of halogens is 1. The SMILES string of the molecule is Cc1ccc(F)cc1CNCc1cscn1. The third kappa shape index (κ3) is 2.87. The first kappa shape index (κ1) is 11.2. The number of nitrogens with one attached hydrogen (secondary N) is 1. The van der Waals surface area contributed by atoms with Crippen LogP contribution in [0.15, 0.2) is 29.1 Å². The summed E-state index contributed by atoms with van der Waals surface area (Å²) < 4.78 is 13.0. The minimum Gasteiger partial charge on any atom is -0.307 e. The molecule has 2 nitrogen and oxygen atoms in total. The predicted octanol–water partition coefficient (Wildman–Crippen LogP) is 2.88. The van der Waals surface area contributed by atoms with Crippen molar-refractivity contribution < 1.29 is 4.39 Å². The van der Waals surface area contributed by atoms with Crippen molar-refractivity contribution in [2.45, 2.75) is 20.0 Å². The van der Waals surface area contributed by atoms with Gasteiger partial charge in [-0.3, -0.25) is 0 Å². The number of benzene rings is 1. The Morgan fingerprint density at radius 3 is 3.00 bits per heavy atom. The van der Waals surface area contributed by atoms with Crippen molar-refractivity contribution in [1.29, 1.82) is 0 Å². The topological polar surface area (TPSA) is 24.9 Å². The van der Waals surface area contributed by atoms with Gasteiger partial charge in [0, 0.05) is 18.5 Å². The Labute approximate surface area is 98.2 Å². The molecule has 2 aromatic rings. The molecule has 0 radical (unpaired) electrons. The van der Waals surface area contributed by atoms with E-state index >= 15 is 0 Å². The van der Waals surface area contributed by atoms with Crippen molar-refractivity contribution >= 4 is 11.3 Å². The average molecular weight is 236 g/mol. The lowest BCUT2D eigenvalue weighted by Gasteiger charge is -2.06. The molecular formula is C12H13FN2S.